The monoisotopic (exact) mass is 316 g/mol. The van der Waals surface area contributed by atoms with Crippen molar-refractivity contribution in [3.63, 3.8) is 0 Å². The number of hydrogen-bond donors (Lipinski definition) is 2. The minimum Gasteiger partial charge on any atom is -0.338 e. The molecule has 4 heteroatoms. The zero-order valence-corrected chi connectivity index (χ0v) is 13.7. The highest BCUT2D eigenvalue weighted by atomic mass is 35.5. The third kappa shape index (κ3) is 4.78. The van der Waals surface area contributed by atoms with Crippen LogP contribution in [0.1, 0.15) is 29.7 Å². The number of benzene rings is 2. The molecule has 2 rings (SSSR count). The average molecular weight is 317 g/mol. The number of carbonyl (C=O) groups is 1. The lowest BCUT2D eigenvalue weighted by Gasteiger charge is -2.17. The first kappa shape index (κ1) is 16.4. The van der Waals surface area contributed by atoms with E-state index in [9.17, 15) is 4.79 Å². The van der Waals surface area contributed by atoms with Crippen molar-refractivity contribution in [2.75, 3.05) is 6.54 Å². The first-order valence-corrected chi connectivity index (χ1v) is 7.78. The molecule has 2 aromatic carbocycles. The number of urea groups is 1. The van der Waals surface area contributed by atoms with Gasteiger partial charge in [0, 0.05) is 11.6 Å². The Balaban J connectivity index is 1.78. The van der Waals surface area contributed by atoms with Crippen molar-refractivity contribution in [1.82, 2.24) is 10.6 Å². The van der Waals surface area contributed by atoms with Gasteiger partial charge in [0.05, 0.1) is 6.04 Å². The van der Waals surface area contributed by atoms with E-state index in [1.807, 2.05) is 62.4 Å². The minimum atomic E-state index is -0.148. The second-order valence-electron chi connectivity index (χ2n) is 5.35. The molecule has 0 saturated heterocycles. The molecule has 2 amide bonds. The lowest BCUT2D eigenvalue weighted by atomic mass is 10.0. The molecule has 0 heterocycles. The molecule has 3 nitrogen and oxygen atoms in total. The van der Waals surface area contributed by atoms with Gasteiger partial charge < -0.3 is 10.6 Å². The Labute approximate surface area is 136 Å². The summed E-state index contributed by atoms with van der Waals surface area (Å²) in [5, 5.41) is 6.57. The molecule has 0 spiro atoms. The summed E-state index contributed by atoms with van der Waals surface area (Å²) >= 11 is 5.84. The Bertz CT molecular complexity index is 625. The smallest absolute Gasteiger partial charge is 0.315 e. The number of aryl methyl sites for hydroxylation is 1. The summed E-state index contributed by atoms with van der Waals surface area (Å²) in [6.45, 7) is 4.63. The van der Waals surface area contributed by atoms with Gasteiger partial charge in [-0.05, 0) is 49.1 Å². The number of nitrogens with one attached hydrogen (secondary N) is 2. The number of rotatable bonds is 5. The molecule has 0 fully saturated rings. The van der Waals surface area contributed by atoms with Gasteiger partial charge in [0.2, 0.25) is 0 Å². The molecule has 0 unspecified atom stereocenters. The van der Waals surface area contributed by atoms with E-state index in [-0.39, 0.29) is 12.1 Å². The van der Waals surface area contributed by atoms with E-state index in [0.717, 1.165) is 22.6 Å². The summed E-state index contributed by atoms with van der Waals surface area (Å²) in [5.74, 6) is 0. The Hall–Kier alpha value is -2.00. The van der Waals surface area contributed by atoms with Gasteiger partial charge in [-0.1, -0.05) is 48.0 Å². The molecule has 0 aliphatic carbocycles. The fraction of sp³-hybridized carbons (Fsp3) is 0.278. The van der Waals surface area contributed by atoms with E-state index in [0.29, 0.717) is 6.54 Å². The van der Waals surface area contributed by atoms with Crippen molar-refractivity contribution in [3.05, 3.63) is 70.2 Å². The summed E-state index contributed by atoms with van der Waals surface area (Å²) in [6, 6.07) is 15.6. The van der Waals surface area contributed by atoms with Crippen LogP contribution in [0.15, 0.2) is 48.5 Å². The summed E-state index contributed by atoms with van der Waals surface area (Å²) in [4.78, 5) is 11.9. The second kappa shape index (κ2) is 7.85. The fourth-order valence-electron chi connectivity index (χ4n) is 2.37. The number of hydrogen-bond acceptors (Lipinski definition) is 1. The van der Waals surface area contributed by atoms with Crippen LogP contribution in [0.3, 0.4) is 0 Å². The van der Waals surface area contributed by atoms with E-state index < -0.39 is 0 Å². The van der Waals surface area contributed by atoms with Crippen LogP contribution in [0.5, 0.6) is 0 Å². The summed E-state index contributed by atoms with van der Waals surface area (Å²) in [7, 11) is 0. The van der Waals surface area contributed by atoms with Gasteiger partial charge in [0.15, 0.2) is 0 Å². The maximum absolute atomic E-state index is 11.9. The van der Waals surface area contributed by atoms with Crippen LogP contribution in [0.4, 0.5) is 4.79 Å². The molecule has 1 atom stereocenters. The molecular weight excluding hydrogens is 296 g/mol. The van der Waals surface area contributed by atoms with Crippen LogP contribution in [0.2, 0.25) is 5.02 Å². The molecule has 0 aliphatic heterocycles. The Morgan fingerprint density at radius 1 is 1.14 bits per heavy atom. The highest BCUT2D eigenvalue weighted by Gasteiger charge is 2.10. The predicted octanol–water partition coefficient (Wildman–Crippen LogP) is 4.25. The number of halogens is 1. The van der Waals surface area contributed by atoms with Crippen molar-refractivity contribution in [1.29, 1.82) is 0 Å². The summed E-state index contributed by atoms with van der Waals surface area (Å²) < 4.78 is 0. The van der Waals surface area contributed by atoms with Crippen molar-refractivity contribution in [3.8, 4) is 0 Å². The van der Waals surface area contributed by atoms with Crippen LogP contribution in [-0.4, -0.2) is 12.6 Å². The van der Waals surface area contributed by atoms with Gasteiger partial charge in [-0.15, -0.1) is 0 Å². The summed E-state index contributed by atoms with van der Waals surface area (Å²) in [5.41, 5.74) is 3.46. The predicted molar refractivity (Wildman–Crippen MR) is 91.3 cm³/mol. The SMILES string of the molecule is Cc1ccccc1[C@H](C)NC(=O)NCCc1ccc(Cl)cc1. The van der Waals surface area contributed by atoms with Gasteiger partial charge in [0.25, 0.3) is 0 Å². The minimum absolute atomic E-state index is 0.0169. The van der Waals surface area contributed by atoms with Gasteiger partial charge in [-0.2, -0.15) is 0 Å². The van der Waals surface area contributed by atoms with Gasteiger partial charge in [0.1, 0.15) is 0 Å². The highest BCUT2D eigenvalue weighted by molar-refractivity contribution is 6.30. The summed E-state index contributed by atoms with van der Waals surface area (Å²) in [6.07, 6.45) is 0.781. The average Bonchev–Trinajstić information content (AvgIpc) is 2.49. The van der Waals surface area contributed by atoms with E-state index in [1.54, 1.807) is 0 Å². The highest BCUT2D eigenvalue weighted by Crippen LogP contribution is 2.16. The Kier molecular flexibility index (Phi) is 5.84. The Morgan fingerprint density at radius 3 is 2.50 bits per heavy atom. The fourth-order valence-corrected chi connectivity index (χ4v) is 2.50. The van der Waals surface area contributed by atoms with Crippen molar-refractivity contribution >= 4 is 17.6 Å². The normalized spacial score (nSPS) is 11.8. The third-order valence-corrected chi connectivity index (χ3v) is 3.87. The maximum Gasteiger partial charge on any atom is 0.315 e. The molecule has 22 heavy (non-hydrogen) atoms. The topological polar surface area (TPSA) is 41.1 Å². The van der Waals surface area contributed by atoms with Gasteiger partial charge >= 0.3 is 6.03 Å². The van der Waals surface area contributed by atoms with Gasteiger partial charge in [-0.25, -0.2) is 4.79 Å². The lowest BCUT2D eigenvalue weighted by Crippen LogP contribution is -2.38. The first-order chi connectivity index (χ1) is 10.6. The zero-order valence-electron chi connectivity index (χ0n) is 12.9. The van der Waals surface area contributed by atoms with Crippen LogP contribution in [-0.2, 0) is 6.42 Å². The quantitative estimate of drug-likeness (QED) is 0.850. The molecular formula is C18H21ClN2O. The second-order valence-corrected chi connectivity index (χ2v) is 5.79. The number of carbonyl (C=O) groups excluding carboxylic acids is 1. The molecule has 0 aromatic heterocycles. The zero-order chi connectivity index (χ0) is 15.9. The molecule has 0 saturated carbocycles. The van der Waals surface area contributed by atoms with Crippen molar-refractivity contribution in [2.24, 2.45) is 0 Å². The molecule has 0 aliphatic rings. The molecule has 0 bridgehead atoms. The molecule has 0 radical (unpaired) electrons. The standard InChI is InChI=1S/C18H21ClN2O/c1-13-5-3-4-6-17(13)14(2)21-18(22)20-12-11-15-7-9-16(19)10-8-15/h3-10,14H,11-12H2,1-2H3,(H2,20,21,22)/t14-/m0/s1. The van der Waals surface area contributed by atoms with Crippen molar-refractivity contribution < 1.29 is 4.79 Å². The van der Waals surface area contributed by atoms with Crippen LogP contribution in [0.25, 0.3) is 0 Å². The molecule has 116 valence electrons. The lowest BCUT2D eigenvalue weighted by molar-refractivity contribution is 0.238. The number of amides is 2. The first-order valence-electron chi connectivity index (χ1n) is 7.40. The van der Waals surface area contributed by atoms with E-state index in [1.165, 1.54) is 5.56 Å². The Morgan fingerprint density at radius 2 is 1.82 bits per heavy atom. The largest absolute Gasteiger partial charge is 0.338 e. The van der Waals surface area contributed by atoms with Crippen LogP contribution >= 0.6 is 11.6 Å². The van der Waals surface area contributed by atoms with Crippen molar-refractivity contribution in [2.45, 2.75) is 26.3 Å². The maximum atomic E-state index is 11.9. The van der Waals surface area contributed by atoms with E-state index in [4.69, 9.17) is 11.6 Å². The van der Waals surface area contributed by atoms with Crippen LogP contribution in [0, 0.1) is 6.92 Å². The third-order valence-electron chi connectivity index (χ3n) is 3.62. The van der Waals surface area contributed by atoms with E-state index in [2.05, 4.69) is 10.6 Å². The molecule has 2 aromatic rings. The van der Waals surface area contributed by atoms with Gasteiger partial charge in [-0.3, -0.25) is 0 Å². The van der Waals surface area contributed by atoms with Crippen LogP contribution < -0.4 is 10.6 Å². The van der Waals surface area contributed by atoms with E-state index >= 15 is 0 Å². The molecule has 2 N–H and O–H groups in total.